The van der Waals surface area contributed by atoms with Crippen molar-refractivity contribution in [1.82, 2.24) is 9.62 Å². The van der Waals surface area contributed by atoms with Crippen LogP contribution in [0.25, 0.3) is 0 Å². The van der Waals surface area contributed by atoms with Gasteiger partial charge in [-0.15, -0.1) is 0 Å². The molecule has 1 saturated heterocycles. The summed E-state index contributed by atoms with van der Waals surface area (Å²) in [5.41, 5.74) is 1.39. The zero-order chi connectivity index (χ0) is 22.7. The van der Waals surface area contributed by atoms with E-state index in [0.29, 0.717) is 25.2 Å². The Bertz CT molecular complexity index is 946. The SMILES string of the molecule is CC(=O)N1c2ccc(S(=O)(=O)N3CCCCCC3)cc2CC1C(=O)NC1CCCCCC1. The molecule has 0 spiro atoms. The van der Waals surface area contributed by atoms with Crippen molar-refractivity contribution < 1.29 is 18.0 Å². The van der Waals surface area contributed by atoms with Gasteiger partial charge in [0.05, 0.1) is 4.90 Å². The van der Waals surface area contributed by atoms with E-state index in [1.165, 1.54) is 24.7 Å². The van der Waals surface area contributed by atoms with Crippen molar-refractivity contribution in [2.45, 2.75) is 94.5 Å². The van der Waals surface area contributed by atoms with Crippen LogP contribution in [0.3, 0.4) is 0 Å². The fourth-order valence-corrected chi connectivity index (χ4v) is 6.91. The molecule has 7 nitrogen and oxygen atoms in total. The van der Waals surface area contributed by atoms with E-state index in [1.54, 1.807) is 22.5 Å². The number of amides is 2. The topological polar surface area (TPSA) is 86.8 Å². The first-order valence-electron chi connectivity index (χ1n) is 12.1. The Morgan fingerprint density at radius 2 is 1.56 bits per heavy atom. The summed E-state index contributed by atoms with van der Waals surface area (Å²) < 4.78 is 28.0. The molecule has 0 aromatic heterocycles. The third kappa shape index (κ3) is 4.86. The van der Waals surface area contributed by atoms with Crippen molar-refractivity contribution in [3.63, 3.8) is 0 Å². The van der Waals surface area contributed by atoms with Gasteiger partial charge in [0.1, 0.15) is 6.04 Å². The summed E-state index contributed by atoms with van der Waals surface area (Å²) in [5, 5.41) is 3.16. The number of sulfonamides is 1. The van der Waals surface area contributed by atoms with E-state index in [9.17, 15) is 18.0 Å². The average molecular weight is 462 g/mol. The van der Waals surface area contributed by atoms with Gasteiger partial charge in [0.25, 0.3) is 0 Å². The summed E-state index contributed by atoms with van der Waals surface area (Å²) in [7, 11) is -3.58. The van der Waals surface area contributed by atoms with Crippen LogP contribution in [-0.4, -0.2) is 49.7 Å². The van der Waals surface area contributed by atoms with Crippen molar-refractivity contribution in [3.8, 4) is 0 Å². The van der Waals surface area contributed by atoms with Gasteiger partial charge in [0.15, 0.2) is 0 Å². The number of carbonyl (C=O) groups is 2. The Morgan fingerprint density at radius 3 is 2.19 bits per heavy atom. The van der Waals surface area contributed by atoms with Crippen LogP contribution in [0.4, 0.5) is 5.69 Å². The fourth-order valence-electron chi connectivity index (χ4n) is 5.34. The van der Waals surface area contributed by atoms with Crippen molar-refractivity contribution in [1.29, 1.82) is 0 Å². The minimum atomic E-state index is -3.58. The third-order valence-electron chi connectivity index (χ3n) is 7.08. The van der Waals surface area contributed by atoms with Gasteiger partial charge in [-0.2, -0.15) is 4.31 Å². The molecule has 0 bridgehead atoms. The molecule has 2 amide bonds. The molecule has 1 N–H and O–H groups in total. The maximum absolute atomic E-state index is 13.2. The second kappa shape index (κ2) is 9.91. The molecule has 2 heterocycles. The molecule has 1 aliphatic carbocycles. The zero-order valence-electron chi connectivity index (χ0n) is 19.0. The lowest BCUT2D eigenvalue weighted by Crippen LogP contribution is -2.50. The molecule has 2 aliphatic heterocycles. The van der Waals surface area contributed by atoms with E-state index in [0.717, 1.165) is 56.9 Å². The van der Waals surface area contributed by atoms with Crippen molar-refractivity contribution >= 4 is 27.5 Å². The average Bonchev–Trinajstić information content (AvgIpc) is 2.95. The highest BCUT2D eigenvalue weighted by Gasteiger charge is 2.38. The molecular weight excluding hydrogens is 426 g/mol. The zero-order valence-corrected chi connectivity index (χ0v) is 19.8. The molecule has 176 valence electrons. The number of rotatable bonds is 4. The van der Waals surface area contributed by atoms with E-state index >= 15 is 0 Å². The Morgan fingerprint density at radius 1 is 0.938 bits per heavy atom. The Labute approximate surface area is 191 Å². The molecule has 1 aromatic rings. The van der Waals surface area contributed by atoms with Crippen LogP contribution in [0.5, 0.6) is 0 Å². The van der Waals surface area contributed by atoms with E-state index < -0.39 is 16.1 Å². The Kier molecular flexibility index (Phi) is 7.20. The molecule has 1 saturated carbocycles. The lowest BCUT2D eigenvalue weighted by Gasteiger charge is -2.26. The van der Waals surface area contributed by atoms with Crippen LogP contribution in [0, 0.1) is 0 Å². The molecule has 1 atom stereocenters. The number of nitrogens with one attached hydrogen (secondary N) is 1. The standard InChI is InChI=1S/C24H35N3O4S/c1-18(28)27-22-13-12-21(32(30,31)26-14-8-4-5-9-15-26)16-19(22)17-23(27)24(29)25-20-10-6-2-3-7-11-20/h12-13,16,20,23H,2-11,14-15,17H2,1H3,(H,25,29). The molecule has 1 aromatic carbocycles. The second-order valence-corrected chi connectivity index (χ2v) is 11.4. The lowest BCUT2D eigenvalue weighted by molar-refractivity contribution is -0.126. The number of hydrogen-bond donors (Lipinski definition) is 1. The van der Waals surface area contributed by atoms with E-state index in [1.807, 2.05) is 0 Å². The highest BCUT2D eigenvalue weighted by atomic mass is 32.2. The smallest absolute Gasteiger partial charge is 0.243 e. The first-order chi connectivity index (χ1) is 15.4. The highest BCUT2D eigenvalue weighted by molar-refractivity contribution is 7.89. The van der Waals surface area contributed by atoms with Crippen LogP contribution in [0.15, 0.2) is 23.1 Å². The van der Waals surface area contributed by atoms with Crippen LogP contribution in [0.1, 0.15) is 76.7 Å². The number of hydrogen-bond acceptors (Lipinski definition) is 4. The minimum absolute atomic E-state index is 0.139. The number of benzene rings is 1. The van der Waals surface area contributed by atoms with Gasteiger partial charge in [-0.1, -0.05) is 38.5 Å². The van der Waals surface area contributed by atoms with Gasteiger partial charge in [0, 0.05) is 38.2 Å². The van der Waals surface area contributed by atoms with Gasteiger partial charge < -0.3 is 5.32 Å². The molecule has 3 aliphatic rings. The molecule has 1 unspecified atom stereocenters. The number of fused-ring (bicyclic) bond motifs is 1. The van der Waals surface area contributed by atoms with E-state index in [-0.39, 0.29) is 22.8 Å². The van der Waals surface area contributed by atoms with E-state index in [2.05, 4.69) is 5.32 Å². The van der Waals surface area contributed by atoms with Crippen LogP contribution in [-0.2, 0) is 26.0 Å². The van der Waals surface area contributed by atoms with Gasteiger partial charge in [-0.25, -0.2) is 8.42 Å². The lowest BCUT2D eigenvalue weighted by atomic mass is 10.1. The van der Waals surface area contributed by atoms with E-state index in [4.69, 9.17) is 0 Å². The first kappa shape index (κ1) is 23.2. The number of carbonyl (C=O) groups excluding carboxylic acids is 2. The predicted octanol–water partition coefficient (Wildman–Crippen LogP) is 3.37. The highest BCUT2D eigenvalue weighted by Crippen LogP contribution is 2.35. The van der Waals surface area contributed by atoms with Crippen molar-refractivity contribution in [2.24, 2.45) is 0 Å². The predicted molar refractivity (Wildman–Crippen MR) is 124 cm³/mol. The number of nitrogens with zero attached hydrogens (tertiary/aromatic N) is 2. The summed E-state index contributed by atoms with van der Waals surface area (Å²) in [4.78, 5) is 27.4. The number of anilines is 1. The molecule has 32 heavy (non-hydrogen) atoms. The maximum atomic E-state index is 13.2. The molecule has 0 radical (unpaired) electrons. The Balaban J connectivity index is 1.55. The minimum Gasteiger partial charge on any atom is -0.352 e. The molecule has 8 heteroatoms. The summed E-state index contributed by atoms with van der Waals surface area (Å²) in [6.45, 7) is 2.56. The quantitative estimate of drug-likeness (QED) is 0.697. The third-order valence-corrected chi connectivity index (χ3v) is 8.98. The van der Waals surface area contributed by atoms with Crippen molar-refractivity contribution in [3.05, 3.63) is 23.8 Å². The maximum Gasteiger partial charge on any atom is 0.243 e. The van der Waals surface area contributed by atoms with Gasteiger partial charge >= 0.3 is 0 Å². The Hall–Kier alpha value is -1.93. The summed E-state index contributed by atoms with van der Waals surface area (Å²) >= 11 is 0. The van der Waals surface area contributed by atoms with Gasteiger partial charge in [-0.05, 0) is 49.4 Å². The monoisotopic (exact) mass is 461 g/mol. The molecule has 4 rings (SSSR count). The fraction of sp³-hybridized carbons (Fsp3) is 0.667. The van der Waals surface area contributed by atoms with Gasteiger partial charge in [0.2, 0.25) is 21.8 Å². The van der Waals surface area contributed by atoms with Crippen LogP contribution >= 0.6 is 0 Å². The normalized spacial score (nSPS) is 23.3. The van der Waals surface area contributed by atoms with Gasteiger partial charge in [-0.3, -0.25) is 14.5 Å². The largest absolute Gasteiger partial charge is 0.352 e. The van der Waals surface area contributed by atoms with Crippen molar-refractivity contribution in [2.75, 3.05) is 18.0 Å². The van der Waals surface area contributed by atoms with Crippen LogP contribution in [0.2, 0.25) is 0 Å². The second-order valence-electron chi connectivity index (χ2n) is 9.41. The first-order valence-corrected chi connectivity index (χ1v) is 13.5. The summed E-state index contributed by atoms with van der Waals surface area (Å²) in [5.74, 6) is -0.340. The van der Waals surface area contributed by atoms with Crippen LogP contribution < -0.4 is 10.2 Å². The molecular formula is C24H35N3O4S. The summed E-state index contributed by atoms with van der Waals surface area (Å²) in [6, 6.07) is 4.48. The summed E-state index contributed by atoms with van der Waals surface area (Å²) in [6.07, 6.45) is 10.8. The molecule has 2 fully saturated rings.